The summed E-state index contributed by atoms with van der Waals surface area (Å²) in [6, 6.07) is 4.31. The quantitative estimate of drug-likeness (QED) is 0.569. The molecule has 0 radical (unpaired) electrons. The van der Waals surface area contributed by atoms with E-state index in [2.05, 4.69) is 12.2 Å². The summed E-state index contributed by atoms with van der Waals surface area (Å²) in [6.07, 6.45) is 9.48. The van der Waals surface area contributed by atoms with Crippen LogP contribution in [-0.2, 0) is 0 Å². The summed E-state index contributed by atoms with van der Waals surface area (Å²) in [4.78, 5) is 0. The molecule has 1 aromatic carbocycles. The van der Waals surface area contributed by atoms with Crippen LogP contribution in [0.15, 0.2) is 18.2 Å². The SMILES string of the molecule is CCCCCCCCCC(NC)c1cccc(F)c1F. The third-order valence-electron chi connectivity index (χ3n) is 3.80. The van der Waals surface area contributed by atoms with Crippen molar-refractivity contribution in [1.29, 1.82) is 0 Å². The molecule has 0 aliphatic heterocycles. The van der Waals surface area contributed by atoms with Gasteiger partial charge in [-0.2, -0.15) is 0 Å². The molecule has 0 saturated heterocycles. The normalized spacial score (nSPS) is 12.6. The van der Waals surface area contributed by atoms with E-state index >= 15 is 0 Å². The summed E-state index contributed by atoms with van der Waals surface area (Å²) in [5.41, 5.74) is 0.443. The zero-order valence-corrected chi connectivity index (χ0v) is 12.7. The maximum Gasteiger partial charge on any atom is 0.163 e. The maximum absolute atomic E-state index is 13.7. The fraction of sp³-hybridized carbons (Fsp3) is 0.647. The highest BCUT2D eigenvalue weighted by atomic mass is 19.2. The molecule has 1 atom stereocenters. The van der Waals surface area contributed by atoms with Gasteiger partial charge in [0.25, 0.3) is 0 Å². The molecule has 3 heteroatoms. The second kappa shape index (κ2) is 9.87. The highest BCUT2D eigenvalue weighted by Gasteiger charge is 2.16. The lowest BCUT2D eigenvalue weighted by atomic mass is 9.99. The Kier molecular flexibility index (Phi) is 8.43. The van der Waals surface area contributed by atoms with Crippen molar-refractivity contribution in [3.63, 3.8) is 0 Å². The second-order valence-electron chi connectivity index (χ2n) is 5.39. The van der Waals surface area contributed by atoms with Crippen LogP contribution in [0.1, 0.15) is 69.9 Å². The van der Waals surface area contributed by atoms with Crippen molar-refractivity contribution in [2.75, 3.05) is 7.05 Å². The van der Waals surface area contributed by atoms with Crippen LogP contribution in [0.25, 0.3) is 0 Å². The van der Waals surface area contributed by atoms with Gasteiger partial charge in [-0.15, -0.1) is 0 Å². The molecule has 1 N–H and O–H groups in total. The number of halogens is 2. The van der Waals surface area contributed by atoms with E-state index in [1.54, 1.807) is 19.2 Å². The first-order chi connectivity index (χ1) is 9.70. The summed E-state index contributed by atoms with van der Waals surface area (Å²) >= 11 is 0. The molecule has 20 heavy (non-hydrogen) atoms. The van der Waals surface area contributed by atoms with E-state index in [-0.39, 0.29) is 6.04 Å². The van der Waals surface area contributed by atoms with Gasteiger partial charge in [-0.3, -0.25) is 0 Å². The van der Waals surface area contributed by atoms with Crippen molar-refractivity contribution in [3.05, 3.63) is 35.4 Å². The first kappa shape index (κ1) is 17.1. The van der Waals surface area contributed by atoms with Gasteiger partial charge in [0.05, 0.1) is 0 Å². The zero-order chi connectivity index (χ0) is 14.8. The highest BCUT2D eigenvalue weighted by Crippen LogP contribution is 2.24. The maximum atomic E-state index is 13.7. The minimum atomic E-state index is -0.762. The van der Waals surface area contributed by atoms with Gasteiger partial charge in [-0.1, -0.05) is 64.0 Å². The Morgan fingerprint density at radius 2 is 1.65 bits per heavy atom. The van der Waals surface area contributed by atoms with Crippen LogP contribution in [-0.4, -0.2) is 7.05 Å². The molecule has 114 valence electrons. The van der Waals surface area contributed by atoms with E-state index in [1.807, 2.05) is 0 Å². The van der Waals surface area contributed by atoms with Crippen LogP contribution in [0.4, 0.5) is 8.78 Å². The minimum Gasteiger partial charge on any atom is -0.313 e. The Bertz CT molecular complexity index is 379. The van der Waals surface area contributed by atoms with Gasteiger partial charge in [0.1, 0.15) is 0 Å². The molecule has 1 unspecified atom stereocenters. The zero-order valence-electron chi connectivity index (χ0n) is 12.7. The van der Waals surface area contributed by atoms with Gasteiger partial charge in [0.15, 0.2) is 11.6 Å². The Morgan fingerprint density at radius 1 is 1.00 bits per heavy atom. The van der Waals surface area contributed by atoms with E-state index in [4.69, 9.17) is 0 Å². The molecule has 0 amide bonds. The summed E-state index contributed by atoms with van der Waals surface area (Å²) in [6.45, 7) is 2.21. The molecular weight excluding hydrogens is 256 g/mol. The van der Waals surface area contributed by atoms with Gasteiger partial charge in [-0.25, -0.2) is 8.78 Å². The molecule has 0 heterocycles. The average Bonchev–Trinajstić information content (AvgIpc) is 2.46. The average molecular weight is 283 g/mol. The largest absolute Gasteiger partial charge is 0.313 e. The fourth-order valence-corrected chi connectivity index (χ4v) is 2.55. The molecule has 0 aliphatic rings. The summed E-state index contributed by atoms with van der Waals surface area (Å²) in [5, 5.41) is 3.09. The third kappa shape index (κ3) is 5.58. The van der Waals surface area contributed by atoms with Crippen molar-refractivity contribution >= 4 is 0 Å². The number of hydrogen-bond donors (Lipinski definition) is 1. The monoisotopic (exact) mass is 283 g/mol. The van der Waals surface area contributed by atoms with Crippen LogP contribution in [0.3, 0.4) is 0 Å². The van der Waals surface area contributed by atoms with E-state index in [1.165, 1.54) is 44.6 Å². The minimum absolute atomic E-state index is 0.0960. The van der Waals surface area contributed by atoms with Crippen molar-refractivity contribution < 1.29 is 8.78 Å². The predicted molar refractivity (Wildman–Crippen MR) is 80.8 cm³/mol. The molecule has 0 bridgehead atoms. The van der Waals surface area contributed by atoms with E-state index in [9.17, 15) is 8.78 Å². The van der Waals surface area contributed by atoms with Crippen LogP contribution in [0.2, 0.25) is 0 Å². The Hall–Kier alpha value is -0.960. The number of nitrogens with one attached hydrogen (secondary N) is 1. The molecule has 1 nitrogen and oxygen atoms in total. The standard InChI is InChI=1S/C17H27F2N/c1-3-4-5-6-7-8-9-13-16(20-2)14-11-10-12-15(18)17(14)19/h10-12,16,20H,3-9,13H2,1-2H3. The summed E-state index contributed by atoms with van der Waals surface area (Å²) in [7, 11) is 1.80. The van der Waals surface area contributed by atoms with Crippen molar-refractivity contribution in [2.24, 2.45) is 0 Å². The molecule has 0 aliphatic carbocycles. The molecular formula is C17H27F2N. The van der Waals surface area contributed by atoms with Gasteiger partial charge in [0.2, 0.25) is 0 Å². The molecule has 1 aromatic rings. The predicted octanol–water partition coefficient (Wildman–Crippen LogP) is 5.37. The fourth-order valence-electron chi connectivity index (χ4n) is 2.55. The van der Waals surface area contributed by atoms with E-state index in [0.29, 0.717) is 5.56 Å². The molecule has 0 aromatic heterocycles. The second-order valence-corrected chi connectivity index (χ2v) is 5.39. The van der Waals surface area contributed by atoms with Crippen LogP contribution < -0.4 is 5.32 Å². The smallest absolute Gasteiger partial charge is 0.163 e. The molecule has 0 fully saturated rings. The highest BCUT2D eigenvalue weighted by molar-refractivity contribution is 5.22. The lowest BCUT2D eigenvalue weighted by Crippen LogP contribution is -2.18. The first-order valence-electron chi connectivity index (χ1n) is 7.81. The van der Waals surface area contributed by atoms with E-state index < -0.39 is 11.6 Å². The summed E-state index contributed by atoms with van der Waals surface area (Å²) in [5.74, 6) is -1.47. The molecule has 0 saturated carbocycles. The van der Waals surface area contributed by atoms with E-state index in [0.717, 1.165) is 12.8 Å². The Labute approximate surface area is 121 Å². The topological polar surface area (TPSA) is 12.0 Å². The van der Waals surface area contributed by atoms with Crippen molar-refractivity contribution in [3.8, 4) is 0 Å². The Morgan fingerprint density at radius 3 is 2.30 bits per heavy atom. The molecule has 0 spiro atoms. The third-order valence-corrected chi connectivity index (χ3v) is 3.80. The van der Waals surface area contributed by atoms with Crippen molar-refractivity contribution in [2.45, 2.75) is 64.3 Å². The summed E-state index contributed by atoms with van der Waals surface area (Å²) < 4.78 is 27.0. The van der Waals surface area contributed by atoms with Crippen molar-refractivity contribution in [1.82, 2.24) is 5.32 Å². The van der Waals surface area contributed by atoms with Gasteiger partial charge >= 0.3 is 0 Å². The lowest BCUT2D eigenvalue weighted by molar-refractivity contribution is 0.449. The number of benzene rings is 1. The number of unbranched alkanes of at least 4 members (excludes halogenated alkanes) is 6. The Balaban J connectivity index is 2.34. The van der Waals surface area contributed by atoms with Gasteiger partial charge in [0, 0.05) is 11.6 Å². The number of rotatable bonds is 10. The first-order valence-corrected chi connectivity index (χ1v) is 7.81. The van der Waals surface area contributed by atoms with Crippen LogP contribution >= 0.6 is 0 Å². The van der Waals surface area contributed by atoms with Gasteiger partial charge < -0.3 is 5.32 Å². The van der Waals surface area contributed by atoms with Crippen LogP contribution in [0.5, 0.6) is 0 Å². The molecule has 1 rings (SSSR count). The lowest BCUT2D eigenvalue weighted by Gasteiger charge is -2.17. The van der Waals surface area contributed by atoms with Gasteiger partial charge in [-0.05, 0) is 19.5 Å². The number of hydrogen-bond acceptors (Lipinski definition) is 1. The van der Waals surface area contributed by atoms with Crippen LogP contribution in [0, 0.1) is 11.6 Å².